The van der Waals surface area contributed by atoms with Crippen LogP contribution in [0.3, 0.4) is 0 Å². The third-order valence-corrected chi connectivity index (χ3v) is 5.49. The van der Waals surface area contributed by atoms with Crippen molar-refractivity contribution in [1.82, 2.24) is 9.88 Å². The quantitative estimate of drug-likeness (QED) is 0.459. The first-order valence-corrected chi connectivity index (χ1v) is 10.4. The molecular weight excluding hydrogens is 429 g/mol. The van der Waals surface area contributed by atoms with E-state index in [9.17, 15) is 4.79 Å². The van der Waals surface area contributed by atoms with E-state index in [-0.39, 0.29) is 18.3 Å². The van der Waals surface area contributed by atoms with Crippen LogP contribution in [0.4, 0.5) is 5.13 Å². The van der Waals surface area contributed by atoms with Gasteiger partial charge in [0.1, 0.15) is 5.75 Å². The Morgan fingerprint density at radius 1 is 1.14 bits per heavy atom. The summed E-state index contributed by atoms with van der Waals surface area (Å²) in [5.74, 6) is 0.694. The number of carbonyl (C=O) groups is 1. The molecule has 0 aliphatic heterocycles. The summed E-state index contributed by atoms with van der Waals surface area (Å²) >= 11 is 7.59. The zero-order valence-electron chi connectivity index (χ0n) is 16.7. The van der Waals surface area contributed by atoms with Gasteiger partial charge in [-0.1, -0.05) is 22.9 Å². The lowest BCUT2D eigenvalue weighted by Gasteiger charge is -2.21. The predicted octanol–water partition coefficient (Wildman–Crippen LogP) is 5.37. The number of aromatic nitrogens is 1. The maximum atomic E-state index is 13.2. The first kappa shape index (κ1) is 23.4. The summed E-state index contributed by atoms with van der Waals surface area (Å²) in [4.78, 5) is 21.8. The molecule has 1 heterocycles. The SMILES string of the molecule is CCOc1ccc(C(=O)N(CCCN(C)C)c2nc3ccc(Cl)cc3s2)cc1.Cl. The molecule has 0 saturated carbocycles. The molecule has 0 saturated heterocycles. The number of benzene rings is 2. The molecule has 0 radical (unpaired) electrons. The Kier molecular flexibility index (Phi) is 8.71. The molecule has 156 valence electrons. The van der Waals surface area contributed by atoms with Crippen molar-refractivity contribution in [3.05, 3.63) is 53.1 Å². The standard InChI is InChI=1S/C21H24ClN3O2S.ClH/c1-4-27-17-9-6-15(7-10-17)20(26)25(13-5-12-24(2)3)21-23-18-11-8-16(22)14-19(18)28-21;/h6-11,14H,4-5,12-13H2,1-3H3;1H. The fraction of sp³-hybridized carbons (Fsp3) is 0.333. The van der Waals surface area contributed by atoms with Gasteiger partial charge in [0, 0.05) is 17.1 Å². The first-order chi connectivity index (χ1) is 13.5. The number of hydrogen-bond acceptors (Lipinski definition) is 5. The molecule has 0 aliphatic rings. The molecular formula is C21H25Cl2N3O2S. The smallest absolute Gasteiger partial charge is 0.260 e. The van der Waals surface area contributed by atoms with E-state index in [1.165, 1.54) is 11.3 Å². The third kappa shape index (κ3) is 6.06. The van der Waals surface area contributed by atoms with E-state index < -0.39 is 0 Å². The molecule has 1 aromatic heterocycles. The van der Waals surface area contributed by atoms with Crippen LogP contribution in [0.15, 0.2) is 42.5 Å². The number of ether oxygens (including phenoxy) is 1. The third-order valence-electron chi connectivity index (χ3n) is 4.21. The number of fused-ring (bicyclic) bond motifs is 1. The van der Waals surface area contributed by atoms with E-state index in [0.717, 1.165) is 28.9 Å². The zero-order chi connectivity index (χ0) is 20.1. The molecule has 0 atom stereocenters. The molecule has 1 amide bonds. The van der Waals surface area contributed by atoms with E-state index in [0.29, 0.717) is 28.9 Å². The van der Waals surface area contributed by atoms with Crippen LogP contribution >= 0.6 is 35.3 Å². The number of hydrogen-bond donors (Lipinski definition) is 0. The number of nitrogens with zero attached hydrogens (tertiary/aromatic N) is 3. The molecule has 0 fully saturated rings. The summed E-state index contributed by atoms with van der Waals surface area (Å²) < 4.78 is 6.45. The fourth-order valence-corrected chi connectivity index (χ4v) is 4.11. The Hall–Kier alpha value is -1.86. The Labute approximate surface area is 186 Å². The molecule has 8 heteroatoms. The van der Waals surface area contributed by atoms with E-state index in [1.54, 1.807) is 17.0 Å². The van der Waals surface area contributed by atoms with Crippen LogP contribution in [0.1, 0.15) is 23.7 Å². The number of carbonyl (C=O) groups excluding carboxylic acids is 1. The molecule has 3 aromatic rings. The number of halogens is 2. The summed E-state index contributed by atoms with van der Waals surface area (Å²) in [6.45, 7) is 4.02. The van der Waals surface area contributed by atoms with E-state index in [2.05, 4.69) is 9.88 Å². The molecule has 5 nitrogen and oxygen atoms in total. The Bertz CT molecular complexity index is 945. The van der Waals surface area contributed by atoms with Gasteiger partial charge in [0.25, 0.3) is 5.91 Å². The van der Waals surface area contributed by atoms with Gasteiger partial charge in [-0.15, -0.1) is 12.4 Å². The maximum Gasteiger partial charge on any atom is 0.260 e. The summed E-state index contributed by atoms with van der Waals surface area (Å²) in [5, 5.41) is 1.36. The lowest BCUT2D eigenvalue weighted by Crippen LogP contribution is -2.33. The Balaban J connectivity index is 0.00000300. The summed E-state index contributed by atoms with van der Waals surface area (Å²) in [6.07, 6.45) is 0.854. The second-order valence-electron chi connectivity index (χ2n) is 6.68. The van der Waals surface area contributed by atoms with Crippen molar-refractivity contribution in [3.8, 4) is 5.75 Å². The van der Waals surface area contributed by atoms with Gasteiger partial charge in [-0.2, -0.15) is 0 Å². The number of thiazole rings is 1. The largest absolute Gasteiger partial charge is 0.494 e. The molecule has 2 aromatic carbocycles. The highest BCUT2D eigenvalue weighted by Crippen LogP contribution is 2.31. The first-order valence-electron chi connectivity index (χ1n) is 9.23. The van der Waals surface area contributed by atoms with Crippen LogP contribution in [0.25, 0.3) is 10.2 Å². The number of amides is 1. The Morgan fingerprint density at radius 3 is 2.52 bits per heavy atom. The van der Waals surface area contributed by atoms with Crippen molar-refractivity contribution in [2.24, 2.45) is 0 Å². The van der Waals surface area contributed by atoms with Crippen molar-refractivity contribution in [2.45, 2.75) is 13.3 Å². The fourth-order valence-electron chi connectivity index (χ4n) is 2.85. The molecule has 0 unspecified atom stereocenters. The van der Waals surface area contributed by atoms with Crippen molar-refractivity contribution in [2.75, 3.05) is 38.7 Å². The van der Waals surface area contributed by atoms with Gasteiger partial charge in [0.05, 0.1) is 16.8 Å². The van der Waals surface area contributed by atoms with Crippen molar-refractivity contribution in [1.29, 1.82) is 0 Å². The van der Waals surface area contributed by atoms with E-state index >= 15 is 0 Å². The highest BCUT2D eigenvalue weighted by molar-refractivity contribution is 7.22. The second kappa shape index (κ2) is 10.8. The second-order valence-corrected chi connectivity index (χ2v) is 8.13. The maximum absolute atomic E-state index is 13.2. The van der Waals surface area contributed by atoms with Crippen LogP contribution in [-0.2, 0) is 0 Å². The topological polar surface area (TPSA) is 45.7 Å². The van der Waals surface area contributed by atoms with Crippen LogP contribution < -0.4 is 9.64 Å². The number of rotatable bonds is 8. The number of anilines is 1. The highest BCUT2D eigenvalue weighted by atomic mass is 35.5. The van der Waals surface area contributed by atoms with Crippen LogP contribution in [0.2, 0.25) is 5.02 Å². The van der Waals surface area contributed by atoms with Crippen molar-refractivity contribution < 1.29 is 9.53 Å². The average Bonchev–Trinajstić information content (AvgIpc) is 3.08. The summed E-state index contributed by atoms with van der Waals surface area (Å²) in [6, 6.07) is 12.8. The predicted molar refractivity (Wildman–Crippen MR) is 124 cm³/mol. The minimum atomic E-state index is -0.0630. The van der Waals surface area contributed by atoms with Gasteiger partial charge < -0.3 is 9.64 Å². The zero-order valence-corrected chi connectivity index (χ0v) is 19.1. The van der Waals surface area contributed by atoms with Crippen molar-refractivity contribution >= 4 is 56.6 Å². The monoisotopic (exact) mass is 453 g/mol. The minimum absolute atomic E-state index is 0. The van der Waals surface area contributed by atoms with Gasteiger partial charge in [0.2, 0.25) is 0 Å². The van der Waals surface area contributed by atoms with Gasteiger partial charge in [0.15, 0.2) is 5.13 Å². The molecule has 0 N–H and O–H groups in total. The average molecular weight is 454 g/mol. The molecule has 3 rings (SSSR count). The minimum Gasteiger partial charge on any atom is -0.494 e. The lowest BCUT2D eigenvalue weighted by molar-refractivity contribution is 0.0986. The van der Waals surface area contributed by atoms with Crippen LogP contribution in [-0.4, -0.2) is 49.6 Å². The molecule has 0 aliphatic carbocycles. The molecule has 29 heavy (non-hydrogen) atoms. The summed E-state index contributed by atoms with van der Waals surface area (Å²) in [5.41, 5.74) is 1.46. The van der Waals surface area contributed by atoms with Gasteiger partial charge in [-0.05, 0) is 76.4 Å². The van der Waals surface area contributed by atoms with Gasteiger partial charge in [-0.3, -0.25) is 9.69 Å². The van der Waals surface area contributed by atoms with E-state index in [1.807, 2.05) is 51.4 Å². The molecule has 0 spiro atoms. The van der Waals surface area contributed by atoms with Crippen molar-refractivity contribution in [3.63, 3.8) is 0 Å². The Morgan fingerprint density at radius 2 is 1.86 bits per heavy atom. The summed E-state index contributed by atoms with van der Waals surface area (Å²) in [7, 11) is 4.05. The van der Waals surface area contributed by atoms with Gasteiger partial charge >= 0.3 is 0 Å². The van der Waals surface area contributed by atoms with E-state index in [4.69, 9.17) is 16.3 Å². The lowest BCUT2D eigenvalue weighted by atomic mass is 10.2. The van der Waals surface area contributed by atoms with Crippen LogP contribution in [0.5, 0.6) is 5.75 Å². The highest BCUT2D eigenvalue weighted by Gasteiger charge is 2.21. The molecule has 0 bridgehead atoms. The van der Waals surface area contributed by atoms with Crippen LogP contribution in [0, 0.1) is 0 Å². The van der Waals surface area contributed by atoms with Gasteiger partial charge in [-0.25, -0.2) is 4.98 Å². The normalized spacial score (nSPS) is 10.8.